The summed E-state index contributed by atoms with van der Waals surface area (Å²) in [6, 6.07) is 10.9. The second kappa shape index (κ2) is 13.3. The predicted octanol–water partition coefficient (Wildman–Crippen LogP) is 5.36. The third-order valence-electron chi connectivity index (χ3n) is 10.9. The fraction of sp³-hybridized carbons (Fsp3) is 0.556. The van der Waals surface area contributed by atoms with E-state index in [0.717, 1.165) is 49.4 Å². The highest BCUT2D eigenvalue weighted by molar-refractivity contribution is 7.92. The molecule has 10 nitrogen and oxygen atoms in total. The number of carbonyl (C=O) groups is 2. The summed E-state index contributed by atoms with van der Waals surface area (Å²) in [6.45, 7) is 4.22. The van der Waals surface area contributed by atoms with Gasteiger partial charge in [0.1, 0.15) is 15.7 Å². The molecular weight excluding hydrogens is 652 g/mol. The number of nitrogens with zero attached hydrogens (tertiary/aromatic N) is 3. The molecule has 1 saturated heterocycles. The highest BCUT2D eigenvalue weighted by Gasteiger charge is 2.44. The number of aliphatic hydroxyl groups is 1. The molecule has 2 fully saturated rings. The van der Waals surface area contributed by atoms with E-state index in [1.54, 1.807) is 13.2 Å². The van der Waals surface area contributed by atoms with Gasteiger partial charge < -0.3 is 24.4 Å². The number of aliphatic hydroxyl groups excluding tert-OH is 1. The Hall–Kier alpha value is -3.12. The summed E-state index contributed by atoms with van der Waals surface area (Å²) in [4.78, 5) is 30.6. The highest BCUT2D eigenvalue weighted by Crippen LogP contribution is 2.47. The van der Waals surface area contributed by atoms with E-state index in [0.29, 0.717) is 37.2 Å². The lowest BCUT2D eigenvalue weighted by Gasteiger charge is -2.46. The minimum absolute atomic E-state index is 0.00103. The van der Waals surface area contributed by atoms with E-state index in [-0.39, 0.29) is 41.8 Å². The van der Waals surface area contributed by atoms with E-state index in [1.165, 1.54) is 16.0 Å². The molecule has 3 aliphatic heterocycles. The van der Waals surface area contributed by atoms with Gasteiger partial charge in [-0.2, -0.15) is 0 Å². The Morgan fingerprint density at radius 2 is 2.02 bits per heavy atom. The third kappa shape index (κ3) is 6.58. The van der Waals surface area contributed by atoms with Gasteiger partial charge in [-0.25, -0.2) is 9.00 Å². The number of β-amino-alcohol motifs (C(OH)–C–C–N with tert-alkyl or cyclic N) is 1. The first kappa shape index (κ1) is 33.4. The van der Waals surface area contributed by atoms with Crippen LogP contribution in [0.2, 0.25) is 5.02 Å². The molecule has 3 amide bonds. The van der Waals surface area contributed by atoms with Gasteiger partial charge in [0.05, 0.1) is 43.3 Å². The minimum atomic E-state index is -3.50. The molecule has 2 aromatic rings. The molecule has 3 heterocycles. The topological polar surface area (TPSA) is 121 Å². The third-order valence-corrected chi connectivity index (χ3v) is 13.1. The molecule has 48 heavy (non-hydrogen) atoms. The monoisotopic (exact) mass is 696 g/mol. The summed E-state index contributed by atoms with van der Waals surface area (Å²) < 4.78 is 33.7. The van der Waals surface area contributed by atoms with E-state index in [2.05, 4.69) is 38.3 Å². The molecular formula is C36H45ClN4O6S. The number of allylic oxidation sites excluding steroid dienone is 1. The Morgan fingerprint density at radius 1 is 1.19 bits per heavy atom. The maximum Gasteiger partial charge on any atom is 0.330 e. The number of amides is 3. The molecule has 5 aliphatic rings. The minimum Gasteiger partial charge on any atom is -0.490 e. The summed E-state index contributed by atoms with van der Waals surface area (Å²) in [6.07, 6.45) is 9.23. The molecule has 0 radical (unpaired) electrons. The van der Waals surface area contributed by atoms with E-state index in [1.807, 2.05) is 25.1 Å². The Balaban J connectivity index is 1.29. The molecule has 1 spiro atoms. The van der Waals surface area contributed by atoms with Crippen LogP contribution in [0, 0.1) is 17.8 Å². The van der Waals surface area contributed by atoms with Gasteiger partial charge in [0.2, 0.25) is 0 Å². The second-order valence-corrected chi connectivity index (χ2v) is 16.9. The lowest BCUT2D eigenvalue weighted by Crippen LogP contribution is -2.57. The van der Waals surface area contributed by atoms with Gasteiger partial charge in [0, 0.05) is 36.2 Å². The Bertz CT molecular complexity index is 1740. The summed E-state index contributed by atoms with van der Waals surface area (Å²) in [7, 11) is -1.74. The first-order valence-electron chi connectivity index (χ1n) is 17.1. The van der Waals surface area contributed by atoms with Crippen LogP contribution in [0.4, 0.5) is 10.5 Å². The number of anilines is 1. The molecule has 1 saturated carbocycles. The number of rotatable bonds is 2. The Kier molecular flexibility index (Phi) is 9.25. The van der Waals surface area contributed by atoms with Crippen LogP contribution in [0.5, 0.6) is 5.75 Å². The lowest BCUT2D eigenvalue weighted by atomic mass is 9.68. The van der Waals surface area contributed by atoms with Crippen LogP contribution in [-0.4, -0.2) is 84.0 Å². The maximum atomic E-state index is 14.3. The van der Waals surface area contributed by atoms with Crippen LogP contribution in [0.25, 0.3) is 0 Å². The average Bonchev–Trinajstić information content (AvgIpc) is 3.17. The molecule has 12 heteroatoms. The quantitative estimate of drug-likeness (QED) is 0.406. The van der Waals surface area contributed by atoms with Crippen molar-refractivity contribution in [3.8, 4) is 5.75 Å². The number of ether oxygens (including phenoxy) is 2. The van der Waals surface area contributed by atoms with Gasteiger partial charge >= 0.3 is 6.03 Å². The van der Waals surface area contributed by atoms with Crippen LogP contribution >= 0.6 is 11.6 Å². The number of carbonyl (C=O) groups excluding carboxylic acids is 2. The number of methoxy groups -OCH3 is 1. The largest absolute Gasteiger partial charge is 0.490 e. The van der Waals surface area contributed by atoms with Crippen molar-refractivity contribution in [3.05, 3.63) is 70.3 Å². The van der Waals surface area contributed by atoms with Crippen molar-refractivity contribution < 1.29 is 28.4 Å². The standard InChI is InChI=1S/C36H45ClN4O6S/c1-23-5-3-7-32(46-2)29-11-8-26(29)17-41-21-36(14-4-6-24-15-27(37)10-12-30(24)36)22-47-33-13-9-25(16-31(33)41)34(43)38-48(45,20-23)39-35(44)40-18-28(42)19-40/h3,7,9-10,12-13,15-16,23,26,28-29,32,42H,4-6,8,11,14,17-22H2,1-2H3,(H,38,39,43,44,45)/b7-3+/t23-,26-,29+,32-,36-,48?/m0/s1. The lowest BCUT2D eigenvalue weighted by molar-refractivity contribution is 0.0131. The number of hydrogen-bond donors (Lipinski definition) is 2. The molecule has 7 rings (SSSR count). The van der Waals surface area contributed by atoms with Gasteiger partial charge in [-0.1, -0.05) is 36.7 Å². The average molecular weight is 697 g/mol. The number of urea groups is 1. The number of likely N-dealkylation sites (tertiary alicyclic amines) is 1. The highest BCUT2D eigenvalue weighted by atomic mass is 35.5. The van der Waals surface area contributed by atoms with Gasteiger partial charge in [0.15, 0.2) is 0 Å². The van der Waals surface area contributed by atoms with Gasteiger partial charge in [-0.3, -0.25) is 9.52 Å². The number of fused-ring (bicyclic) bond motifs is 4. The van der Waals surface area contributed by atoms with E-state index in [4.69, 9.17) is 21.1 Å². The first-order chi connectivity index (χ1) is 23.0. The second-order valence-electron chi connectivity index (χ2n) is 14.4. The maximum absolute atomic E-state index is 14.3. The van der Waals surface area contributed by atoms with Crippen molar-refractivity contribution in [1.29, 1.82) is 0 Å². The van der Waals surface area contributed by atoms with Crippen LogP contribution in [0.15, 0.2) is 52.9 Å². The summed E-state index contributed by atoms with van der Waals surface area (Å²) >= 11 is 6.44. The number of aryl methyl sites for hydroxylation is 1. The van der Waals surface area contributed by atoms with E-state index < -0.39 is 28.0 Å². The van der Waals surface area contributed by atoms with Gasteiger partial charge in [-0.15, -0.1) is 4.36 Å². The Labute approximate surface area is 288 Å². The Morgan fingerprint density at radius 3 is 2.77 bits per heavy atom. The molecule has 2 bridgehead atoms. The van der Waals surface area contributed by atoms with Crippen molar-refractivity contribution in [2.75, 3.05) is 50.5 Å². The number of halogens is 1. The molecule has 6 atom stereocenters. The van der Waals surface area contributed by atoms with Gasteiger partial charge in [-0.05, 0) is 97.7 Å². The van der Waals surface area contributed by atoms with Crippen LogP contribution in [0.3, 0.4) is 0 Å². The summed E-state index contributed by atoms with van der Waals surface area (Å²) in [5.74, 6) is 0.629. The van der Waals surface area contributed by atoms with E-state index in [9.17, 15) is 18.9 Å². The van der Waals surface area contributed by atoms with Gasteiger partial charge in [0.25, 0.3) is 5.91 Å². The zero-order valence-corrected chi connectivity index (χ0v) is 29.2. The fourth-order valence-electron chi connectivity index (χ4n) is 8.19. The van der Waals surface area contributed by atoms with Crippen LogP contribution in [0.1, 0.15) is 60.5 Å². The molecule has 1 unspecified atom stereocenters. The zero-order valence-electron chi connectivity index (χ0n) is 27.6. The van der Waals surface area contributed by atoms with E-state index >= 15 is 0 Å². The van der Waals surface area contributed by atoms with Crippen molar-refractivity contribution in [1.82, 2.24) is 9.62 Å². The number of benzene rings is 2. The van der Waals surface area contributed by atoms with Crippen molar-refractivity contribution in [2.45, 2.75) is 63.1 Å². The van der Waals surface area contributed by atoms with Crippen LogP contribution in [-0.2, 0) is 26.5 Å². The number of nitrogens with one attached hydrogen (secondary N) is 1. The first-order valence-corrected chi connectivity index (χ1v) is 19.1. The molecule has 2 aromatic carbocycles. The summed E-state index contributed by atoms with van der Waals surface area (Å²) in [5, 5.41) is 10.4. The number of hydrogen-bond acceptors (Lipinski definition) is 7. The normalized spacial score (nSPS) is 32.8. The van der Waals surface area contributed by atoms with Crippen molar-refractivity contribution in [2.24, 2.45) is 22.1 Å². The van der Waals surface area contributed by atoms with Crippen molar-refractivity contribution in [3.63, 3.8) is 0 Å². The fourth-order valence-corrected chi connectivity index (χ4v) is 10.3. The summed E-state index contributed by atoms with van der Waals surface area (Å²) in [5.41, 5.74) is 3.37. The van der Waals surface area contributed by atoms with Crippen LogP contribution < -0.4 is 14.4 Å². The van der Waals surface area contributed by atoms with Crippen molar-refractivity contribution >= 4 is 39.1 Å². The zero-order chi connectivity index (χ0) is 33.6. The molecule has 2 N–H and O–H groups in total. The molecule has 2 aliphatic carbocycles. The molecule has 258 valence electrons. The smallest absolute Gasteiger partial charge is 0.330 e. The predicted molar refractivity (Wildman–Crippen MR) is 186 cm³/mol. The SMILES string of the molecule is CO[C@H]1/C=C/C[C@H](C)CS(=O)(NC(=O)N2CC(O)C2)=NC(=O)c2ccc3c(c2)N(C[C@@H]2CC[C@H]21)C[C@@]1(CCCc2cc(Cl)ccc21)CO3. The molecule has 0 aromatic heterocycles.